The molecule has 0 aliphatic carbocycles. The summed E-state index contributed by atoms with van der Waals surface area (Å²) >= 11 is 1.82. The van der Waals surface area contributed by atoms with Crippen LogP contribution in [0, 0.1) is 0 Å². The standard InChI is InChI=1S/C19H30N4O2S/c1-19(2,3)20-17(24)13-21-7-9-23(10-8-21)18(25)14-22-6-4-16-15(12-22)5-11-26-16/h5,11H,4,6-10,12-14H2,1-3H3,(H,20,24). The smallest absolute Gasteiger partial charge is 0.236 e. The van der Waals surface area contributed by atoms with E-state index in [4.69, 9.17) is 0 Å². The maximum Gasteiger partial charge on any atom is 0.236 e. The van der Waals surface area contributed by atoms with Crippen molar-refractivity contribution in [2.24, 2.45) is 0 Å². The van der Waals surface area contributed by atoms with Crippen LogP contribution >= 0.6 is 11.3 Å². The number of carbonyl (C=O) groups is 2. The molecule has 1 aromatic heterocycles. The molecule has 1 aromatic rings. The SMILES string of the molecule is CC(C)(C)NC(=O)CN1CCN(C(=O)CN2CCc3sccc3C2)CC1. The van der Waals surface area contributed by atoms with Crippen LogP contribution in [0.4, 0.5) is 0 Å². The van der Waals surface area contributed by atoms with Gasteiger partial charge in [0.2, 0.25) is 11.8 Å². The molecule has 3 rings (SSSR count). The van der Waals surface area contributed by atoms with Crippen LogP contribution in [0.3, 0.4) is 0 Å². The summed E-state index contributed by atoms with van der Waals surface area (Å²) in [6.45, 7) is 11.7. The number of nitrogens with one attached hydrogen (secondary N) is 1. The molecule has 2 aliphatic rings. The molecule has 6 nitrogen and oxygen atoms in total. The maximum atomic E-state index is 12.6. The van der Waals surface area contributed by atoms with Gasteiger partial charge < -0.3 is 10.2 Å². The van der Waals surface area contributed by atoms with Gasteiger partial charge in [-0.1, -0.05) is 0 Å². The lowest BCUT2D eigenvalue weighted by molar-refractivity contribution is -0.134. The summed E-state index contributed by atoms with van der Waals surface area (Å²) in [5.41, 5.74) is 1.18. The van der Waals surface area contributed by atoms with E-state index in [0.717, 1.165) is 32.6 Å². The molecule has 1 saturated heterocycles. The van der Waals surface area contributed by atoms with E-state index in [2.05, 4.69) is 26.6 Å². The highest BCUT2D eigenvalue weighted by molar-refractivity contribution is 7.10. The molecule has 144 valence electrons. The molecular formula is C19H30N4O2S. The third-order valence-electron chi connectivity index (χ3n) is 4.85. The predicted molar refractivity (Wildman–Crippen MR) is 104 cm³/mol. The van der Waals surface area contributed by atoms with Crippen molar-refractivity contribution < 1.29 is 9.59 Å². The topological polar surface area (TPSA) is 55.9 Å². The second kappa shape index (κ2) is 8.06. The molecular weight excluding hydrogens is 348 g/mol. The zero-order valence-electron chi connectivity index (χ0n) is 16.1. The zero-order chi connectivity index (χ0) is 18.7. The Balaban J connectivity index is 1.41. The van der Waals surface area contributed by atoms with Gasteiger partial charge in [0.15, 0.2) is 0 Å². The number of fused-ring (bicyclic) bond motifs is 1. The molecule has 7 heteroatoms. The van der Waals surface area contributed by atoms with Crippen molar-refractivity contribution in [1.29, 1.82) is 0 Å². The van der Waals surface area contributed by atoms with Crippen molar-refractivity contribution in [3.05, 3.63) is 21.9 Å². The van der Waals surface area contributed by atoms with Crippen molar-refractivity contribution in [1.82, 2.24) is 20.0 Å². The largest absolute Gasteiger partial charge is 0.350 e. The lowest BCUT2D eigenvalue weighted by atomic mass is 10.1. The molecule has 3 heterocycles. The van der Waals surface area contributed by atoms with Crippen LogP contribution in [-0.4, -0.2) is 77.9 Å². The lowest BCUT2D eigenvalue weighted by Crippen LogP contribution is -2.54. The molecule has 0 atom stereocenters. The van der Waals surface area contributed by atoms with Crippen LogP contribution < -0.4 is 5.32 Å². The molecule has 0 bridgehead atoms. The van der Waals surface area contributed by atoms with Crippen molar-refractivity contribution in [2.75, 3.05) is 45.8 Å². The van der Waals surface area contributed by atoms with Gasteiger partial charge in [-0.3, -0.25) is 19.4 Å². The van der Waals surface area contributed by atoms with Crippen LogP contribution in [0.1, 0.15) is 31.2 Å². The van der Waals surface area contributed by atoms with E-state index in [0.29, 0.717) is 26.2 Å². The second-order valence-electron chi connectivity index (χ2n) is 8.28. The number of carbonyl (C=O) groups excluding carboxylic acids is 2. The van der Waals surface area contributed by atoms with Crippen molar-refractivity contribution in [2.45, 2.75) is 39.3 Å². The minimum atomic E-state index is -0.203. The number of amides is 2. The highest BCUT2D eigenvalue weighted by Gasteiger charge is 2.26. The Kier molecular flexibility index (Phi) is 5.99. The summed E-state index contributed by atoms with van der Waals surface area (Å²) in [6.07, 6.45) is 1.05. The number of hydrogen-bond acceptors (Lipinski definition) is 5. The third kappa shape index (κ3) is 5.28. The van der Waals surface area contributed by atoms with E-state index in [1.165, 1.54) is 10.4 Å². The van der Waals surface area contributed by atoms with Gasteiger partial charge in [0.25, 0.3) is 0 Å². The third-order valence-corrected chi connectivity index (χ3v) is 5.88. The average Bonchev–Trinajstić information content (AvgIpc) is 3.01. The van der Waals surface area contributed by atoms with Crippen molar-refractivity contribution in [3.8, 4) is 0 Å². The van der Waals surface area contributed by atoms with Gasteiger partial charge in [-0.2, -0.15) is 0 Å². The summed E-state index contributed by atoms with van der Waals surface area (Å²) in [5.74, 6) is 0.264. The highest BCUT2D eigenvalue weighted by Crippen LogP contribution is 2.23. The normalized spacial score (nSPS) is 19.3. The van der Waals surface area contributed by atoms with Gasteiger partial charge >= 0.3 is 0 Å². The molecule has 0 spiro atoms. The van der Waals surface area contributed by atoms with Crippen LogP contribution in [0.15, 0.2) is 11.4 Å². The first-order valence-electron chi connectivity index (χ1n) is 9.39. The Bertz CT molecular complexity index is 644. The first kappa shape index (κ1) is 19.3. The fraction of sp³-hybridized carbons (Fsp3) is 0.684. The lowest BCUT2D eigenvalue weighted by Gasteiger charge is -2.36. The summed E-state index contributed by atoms with van der Waals surface area (Å²) < 4.78 is 0. The summed E-state index contributed by atoms with van der Waals surface area (Å²) in [4.78, 5) is 32.5. The molecule has 0 saturated carbocycles. The second-order valence-corrected chi connectivity index (χ2v) is 9.29. The Morgan fingerprint density at radius 1 is 1.08 bits per heavy atom. The molecule has 26 heavy (non-hydrogen) atoms. The molecule has 1 N–H and O–H groups in total. The quantitative estimate of drug-likeness (QED) is 0.854. The highest BCUT2D eigenvalue weighted by atomic mass is 32.1. The van der Waals surface area contributed by atoms with Crippen LogP contribution in [0.5, 0.6) is 0 Å². The summed E-state index contributed by atoms with van der Waals surface area (Å²) in [7, 11) is 0. The van der Waals surface area contributed by atoms with E-state index in [-0.39, 0.29) is 17.4 Å². The van der Waals surface area contributed by atoms with Gasteiger partial charge in [0.1, 0.15) is 0 Å². The molecule has 2 aliphatic heterocycles. The number of nitrogens with zero attached hydrogens (tertiary/aromatic N) is 3. The van der Waals surface area contributed by atoms with E-state index >= 15 is 0 Å². The van der Waals surface area contributed by atoms with Crippen molar-refractivity contribution in [3.63, 3.8) is 0 Å². The summed E-state index contributed by atoms with van der Waals surface area (Å²) in [6, 6.07) is 2.18. The Morgan fingerprint density at radius 3 is 2.50 bits per heavy atom. The fourth-order valence-corrected chi connectivity index (χ4v) is 4.44. The van der Waals surface area contributed by atoms with Crippen LogP contribution in [0.25, 0.3) is 0 Å². The van der Waals surface area contributed by atoms with Gasteiger partial charge in [0.05, 0.1) is 13.1 Å². The van der Waals surface area contributed by atoms with E-state index in [1.54, 1.807) is 0 Å². The first-order valence-corrected chi connectivity index (χ1v) is 10.3. The predicted octanol–water partition coefficient (Wildman–Crippen LogP) is 1.17. The van der Waals surface area contributed by atoms with Gasteiger partial charge in [-0.15, -0.1) is 11.3 Å². The molecule has 1 fully saturated rings. The molecule has 2 amide bonds. The first-order chi connectivity index (χ1) is 12.3. The Morgan fingerprint density at radius 2 is 1.81 bits per heavy atom. The van der Waals surface area contributed by atoms with E-state index < -0.39 is 0 Å². The van der Waals surface area contributed by atoms with Gasteiger partial charge in [-0.25, -0.2) is 0 Å². The number of piperazine rings is 1. The van der Waals surface area contributed by atoms with Gasteiger partial charge in [-0.05, 0) is 44.2 Å². The van der Waals surface area contributed by atoms with Crippen LogP contribution in [0.2, 0.25) is 0 Å². The average molecular weight is 379 g/mol. The van der Waals surface area contributed by atoms with Crippen molar-refractivity contribution >= 4 is 23.2 Å². The minimum absolute atomic E-state index is 0.0529. The van der Waals surface area contributed by atoms with Crippen LogP contribution in [-0.2, 0) is 22.6 Å². The zero-order valence-corrected chi connectivity index (χ0v) is 16.9. The number of hydrogen-bond donors (Lipinski definition) is 1. The Labute approximate surface area is 160 Å². The minimum Gasteiger partial charge on any atom is -0.350 e. The molecule has 0 radical (unpaired) electrons. The molecule has 0 unspecified atom stereocenters. The number of thiophene rings is 1. The Hall–Kier alpha value is -1.44. The fourth-order valence-electron chi connectivity index (χ4n) is 3.55. The monoisotopic (exact) mass is 378 g/mol. The number of rotatable bonds is 4. The van der Waals surface area contributed by atoms with E-state index in [9.17, 15) is 9.59 Å². The maximum absolute atomic E-state index is 12.6. The van der Waals surface area contributed by atoms with Gasteiger partial charge in [0, 0.05) is 49.7 Å². The summed E-state index contributed by atoms with van der Waals surface area (Å²) in [5, 5.41) is 5.14. The molecule has 0 aromatic carbocycles. The van der Waals surface area contributed by atoms with E-state index in [1.807, 2.05) is 37.0 Å².